The predicted molar refractivity (Wildman–Crippen MR) is 76.8 cm³/mol. The highest BCUT2D eigenvalue weighted by atomic mass is 31.1. The molecule has 0 saturated heterocycles. The average molecular weight is 273 g/mol. The molecule has 2 aliphatic rings. The third-order valence-corrected chi connectivity index (χ3v) is 5.25. The Morgan fingerprint density at radius 3 is 2.22 bits per heavy atom. The van der Waals surface area contributed by atoms with Crippen LogP contribution in [0.1, 0.15) is 51.4 Å². The van der Waals surface area contributed by atoms with Crippen LogP contribution in [0.5, 0.6) is 0 Å². The van der Waals surface area contributed by atoms with E-state index in [9.17, 15) is 5.11 Å². The molecule has 0 aromatic rings. The highest BCUT2D eigenvalue weighted by Gasteiger charge is 2.37. The van der Waals surface area contributed by atoms with Crippen molar-refractivity contribution in [3.63, 3.8) is 0 Å². The fourth-order valence-corrected chi connectivity index (χ4v) is 4.21. The molecule has 3 nitrogen and oxygen atoms in total. The van der Waals surface area contributed by atoms with Gasteiger partial charge in [-0.3, -0.25) is 4.67 Å². The summed E-state index contributed by atoms with van der Waals surface area (Å²) in [5.41, 5.74) is 0. The minimum absolute atomic E-state index is 0.0735. The molecular weight excluding hydrogens is 245 g/mol. The topological polar surface area (TPSA) is 32.7 Å². The maximum atomic E-state index is 10.3. The fraction of sp³-hybridized carbons (Fsp3) is 1.00. The van der Waals surface area contributed by atoms with E-state index in [4.69, 9.17) is 4.52 Å². The van der Waals surface area contributed by atoms with E-state index in [0.717, 1.165) is 6.42 Å². The van der Waals surface area contributed by atoms with Crippen molar-refractivity contribution in [3.05, 3.63) is 0 Å². The van der Waals surface area contributed by atoms with E-state index in [2.05, 4.69) is 18.8 Å². The van der Waals surface area contributed by atoms with Crippen LogP contribution < -0.4 is 0 Å². The minimum atomic E-state index is -0.0735. The van der Waals surface area contributed by atoms with Crippen molar-refractivity contribution in [2.24, 2.45) is 11.8 Å². The minimum Gasteiger partial charge on any atom is -0.393 e. The maximum absolute atomic E-state index is 10.3. The summed E-state index contributed by atoms with van der Waals surface area (Å²) >= 11 is 0. The van der Waals surface area contributed by atoms with Crippen LogP contribution >= 0.6 is 8.96 Å². The Balaban J connectivity index is 1.93. The zero-order chi connectivity index (χ0) is 13.0. The molecular formula is C14H28NO2P. The van der Waals surface area contributed by atoms with Crippen molar-refractivity contribution in [1.29, 1.82) is 0 Å². The number of nitrogens with zero attached hydrogens (tertiary/aromatic N) is 1. The van der Waals surface area contributed by atoms with Gasteiger partial charge in [-0.25, -0.2) is 0 Å². The molecule has 2 saturated carbocycles. The number of rotatable bonds is 4. The molecule has 2 fully saturated rings. The predicted octanol–water partition coefficient (Wildman–Crippen LogP) is 3.18. The van der Waals surface area contributed by atoms with Gasteiger partial charge in [-0.05, 0) is 51.6 Å². The molecule has 0 aromatic carbocycles. The van der Waals surface area contributed by atoms with Crippen LogP contribution in [0.3, 0.4) is 0 Å². The first-order valence-electron chi connectivity index (χ1n) is 7.45. The summed E-state index contributed by atoms with van der Waals surface area (Å²) in [6.07, 6.45) is 10.1. The molecule has 0 aromatic heterocycles. The molecule has 0 spiro atoms. The summed E-state index contributed by atoms with van der Waals surface area (Å²) < 4.78 is 8.22. The summed E-state index contributed by atoms with van der Waals surface area (Å²) in [5.74, 6) is 1.09. The Hall–Kier alpha value is 0.310. The lowest BCUT2D eigenvalue weighted by Gasteiger charge is -2.41. The number of aliphatic hydroxyl groups excluding tert-OH is 1. The highest BCUT2D eigenvalue weighted by Crippen LogP contribution is 2.41. The third-order valence-electron chi connectivity index (χ3n) is 4.47. The lowest BCUT2D eigenvalue weighted by atomic mass is 9.71. The van der Waals surface area contributed by atoms with Gasteiger partial charge in [0.15, 0.2) is 0 Å². The molecule has 2 aliphatic carbocycles. The van der Waals surface area contributed by atoms with E-state index in [0.29, 0.717) is 26.9 Å². The normalized spacial score (nSPS) is 38.7. The van der Waals surface area contributed by atoms with Gasteiger partial charge in [-0.2, -0.15) is 0 Å². The first-order chi connectivity index (χ1) is 8.68. The molecule has 0 amide bonds. The average Bonchev–Trinajstić information content (AvgIpc) is 2.37. The van der Waals surface area contributed by atoms with Crippen molar-refractivity contribution in [1.82, 2.24) is 4.67 Å². The molecule has 5 unspecified atom stereocenters. The van der Waals surface area contributed by atoms with E-state index >= 15 is 0 Å². The molecule has 0 aliphatic heterocycles. The second-order valence-corrected chi connectivity index (χ2v) is 7.42. The van der Waals surface area contributed by atoms with Crippen molar-refractivity contribution in [3.8, 4) is 0 Å². The summed E-state index contributed by atoms with van der Waals surface area (Å²) in [4.78, 5) is 0. The standard InChI is InChI=1S/C14H28NO2P/c1-15(2)18-17-14-10-6-4-8-12(14)11-7-3-5-9-13(11)16/h11-14,16,18H,3-10H2,1-2H3. The highest BCUT2D eigenvalue weighted by molar-refractivity contribution is 7.29. The maximum Gasteiger partial charge on any atom is 0.0888 e. The summed E-state index contributed by atoms with van der Waals surface area (Å²) in [5, 5.41) is 10.3. The van der Waals surface area contributed by atoms with Gasteiger partial charge in [0.25, 0.3) is 0 Å². The first kappa shape index (κ1) is 14.7. The largest absolute Gasteiger partial charge is 0.393 e. The second kappa shape index (κ2) is 7.19. The van der Waals surface area contributed by atoms with Crippen LogP contribution in [0.25, 0.3) is 0 Å². The van der Waals surface area contributed by atoms with Crippen LogP contribution in [0, 0.1) is 11.8 Å². The van der Waals surface area contributed by atoms with Crippen LogP contribution in [0.4, 0.5) is 0 Å². The molecule has 0 bridgehead atoms. The lowest BCUT2D eigenvalue weighted by molar-refractivity contribution is -0.0198. The van der Waals surface area contributed by atoms with E-state index in [1.165, 1.54) is 44.9 Å². The van der Waals surface area contributed by atoms with E-state index < -0.39 is 0 Å². The zero-order valence-corrected chi connectivity index (χ0v) is 12.8. The second-order valence-electron chi connectivity index (χ2n) is 6.11. The monoisotopic (exact) mass is 273 g/mol. The molecule has 106 valence electrons. The van der Waals surface area contributed by atoms with Crippen LogP contribution in [-0.4, -0.2) is 36.1 Å². The van der Waals surface area contributed by atoms with Gasteiger partial charge in [-0.1, -0.05) is 25.7 Å². The SMILES string of the molecule is CN(C)POC1CCCCC1C1CCCCC1O. The Bertz CT molecular complexity index is 250. The molecule has 4 heteroatoms. The van der Waals surface area contributed by atoms with Gasteiger partial charge in [0.1, 0.15) is 0 Å². The summed E-state index contributed by atoms with van der Waals surface area (Å²) in [7, 11) is 4.59. The van der Waals surface area contributed by atoms with Crippen LogP contribution in [0.15, 0.2) is 0 Å². The van der Waals surface area contributed by atoms with Crippen molar-refractivity contribution >= 4 is 8.96 Å². The van der Waals surface area contributed by atoms with Crippen molar-refractivity contribution in [2.45, 2.75) is 63.6 Å². The van der Waals surface area contributed by atoms with E-state index in [1.54, 1.807) is 0 Å². The number of hydrogen-bond donors (Lipinski definition) is 1. The third kappa shape index (κ3) is 3.90. The number of hydrogen-bond acceptors (Lipinski definition) is 3. The Kier molecular flexibility index (Phi) is 5.88. The molecule has 18 heavy (non-hydrogen) atoms. The van der Waals surface area contributed by atoms with Crippen LogP contribution in [-0.2, 0) is 4.52 Å². The fourth-order valence-electron chi connectivity index (χ4n) is 3.57. The van der Waals surface area contributed by atoms with Gasteiger partial charge in [0.05, 0.1) is 21.2 Å². The molecule has 0 radical (unpaired) electrons. The van der Waals surface area contributed by atoms with Crippen LogP contribution in [0.2, 0.25) is 0 Å². The summed E-state index contributed by atoms with van der Waals surface area (Å²) in [6, 6.07) is 0. The Morgan fingerprint density at radius 1 is 0.944 bits per heavy atom. The van der Waals surface area contributed by atoms with Gasteiger partial charge in [0.2, 0.25) is 0 Å². The molecule has 0 heterocycles. The molecule has 5 atom stereocenters. The van der Waals surface area contributed by atoms with Gasteiger partial charge in [-0.15, -0.1) is 0 Å². The lowest BCUT2D eigenvalue weighted by Crippen LogP contribution is -2.39. The summed E-state index contributed by atoms with van der Waals surface area (Å²) in [6.45, 7) is 0. The smallest absolute Gasteiger partial charge is 0.0888 e. The zero-order valence-electron chi connectivity index (χ0n) is 11.8. The van der Waals surface area contributed by atoms with Gasteiger partial charge >= 0.3 is 0 Å². The van der Waals surface area contributed by atoms with Crippen molar-refractivity contribution < 1.29 is 9.63 Å². The Labute approximate surface area is 113 Å². The molecule has 1 N–H and O–H groups in total. The molecule has 2 rings (SSSR count). The van der Waals surface area contributed by atoms with Crippen molar-refractivity contribution in [2.75, 3.05) is 14.1 Å². The quantitative estimate of drug-likeness (QED) is 0.799. The van der Waals surface area contributed by atoms with E-state index in [-0.39, 0.29) is 6.10 Å². The van der Waals surface area contributed by atoms with E-state index in [1.807, 2.05) is 0 Å². The first-order valence-corrected chi connectivity index (χ1v) is 8.30. The number of aliphatic hydroxyl groups is 1. The Morgan fingerprint density at radius 2 is 1.56 bits per heavy atom. The van der Waals surface area contributed by atoms with Gasteiger partial charge in [0, 0.05) is 0 Å². The van der Waals surface area contributed by atoms with Gasteiger partial charge < -0.3 is 9.63 Å².